The molecule has 2 N–H and O–H groups in total. The van der Waals surface area contributed by atoms with E-state index in [9.17, 15) is 9.90 Å². The molecule has 4 aromatic rings. The van der Waals surface area contributed by atoms with Crippen LogP contribution in [0.25, 0.3) is 10.8 Å². The Morgan fingerprint density at radius 3 is 2.27 bits per heavy atom. The van der Waals surface area contributed by atoms with E-state index in [0.717, 1.165) is 54.0 Å². The van der Waals surface area contributed by atoms with Gasteiger partial charge in [0.05, 0.1) is 31.2 Å². The second-order valence-electron chi connectivity index (χ2n) is 9.06. The Kier molecular flexibility index (Phi) is 7.14. The number of fused-ring (bicyclic) bond motifs is 1. The lowest BCUT2D eigenvalue weighted by molar-refractivity contribution is 0.102. The summed E-state index contributed by atoms with van der Waals surface area (Å²) in [4.78, 5) is 17.9. The predicted octanol–water partition coefficient (Wildman–Crippen LogP) is 5.14. The Labute approximate surface area is 216 Å². The second-order valence-corrected chi connectivity index (χ2v) is 9.06. The number of piperazine rings is 1. The highest BCUT2D eigenvalue weighted by molar-refractivity contribution is 6.10. The zero-order chi connectivity index (χ0) is 25.8. The zero-order valence-corrected chi connectivity index (χ0v) is 21.1. The summed E-state index contributed by atoms with van der Waals surface area (Å²) in [5.74, 6) is 1.06. The van der Waals surface area contributed by atoms with Gasteiger partial charge in [0.15, 0.2) is 0 Å². The number of aromatic hydroxyl groups is 1. The van der Waals surface area contributed by atoms with Crippen LogP contribution in [0.2, 0.25) is 0 Å². The van der Waals surface area contributed by atoms with Gasteiger partial charge in [-0.3, -0.25) is 9.69 Å². The maximum atomic E-state index is 13.3. The number of rotatable bonds is 7. The number of benzene rings is 4. The lowest BCUT2D eigenvalue weighted by Gasteiger charge is -2.37. The van der Waals surface area contributed by atoms with Gasteiger partial charge >= 0.3 is 0 Å². The molecule has 190 valence electrons. The Bertz CT molecular complexity index is 1410. The van der Waals surface area contributed by atoms with E-state index in [0.29, 0.717) is 18.0 Å². The van der Waals surface area contributed by atoms with Gasteiger partial charge in [0.1, 0.15) is 17.2 Å². The van der Waals surface area contributed by atoms with Gasteiger partial charge < -0.3 is 24.8 Å². The number of phenolic OH excluding ortho intramolecular Hbond substituents is 1. The van der Waals surface area contributed by atoms with Gasteiger partial charge in [0.2, 0.25) is 0 Å². The molecule has 1 heterocycles. The number of para-hydroxylation sites is 4. The van der Waals surface area contributed by atoms with E-state index >= 15 is 0 Å². The van der Waals surface area contributed by atoms with Crippen LogP contribution in [-0.2, 0) is 6.54 Å². The van der Waals surface area contributed by atoms with Crippen molar-refractivity contribution in [1.82, 2.24) is 4.90 Å². The smallest absolute Gasteiger partial charge is 0.259 e. The SMILES string of the molecule is COc1ccccc1NC(=O)c1cc2ccccc2c(CN2CCN(c3ccccc3OC)CC2)c1O. The maximum Gasteiger partial charge on any atom is 0.259 e. The molecule has 7 heteroatoms. The van der Waals surface area contributed by atoms with Crippen molar-refractivity contribution in [2.24, 2.45) is 0 Å². The number of hydrogen-bond donors (Lipinski definition) is 2. The zero-order valence-electron chi connectivity index (χ0n) is 21.1. The van der Waals surface area contributed by atoms with Crippen molar-refractivity contribution in [3.8, 4) is 17.2 Å². The number of phenols is 1. The van der Waals surface area contributed by atoms with E-state index in [2.05, 4.69) is 21.2 Å². The summed E-state index contributed by atoms with van der Waals surface area (Å²) in [6, 6.07) is 24.9. The highest BCUT2D eigenvalue weighted by Gasteiger charge is 2.24. The monoisotopic (exact) mass is 497 g/mol. The largest absolute Gasteiger partial charge is 0.507 e. The van der Waals surface area contributed by atoms with Crippen molar-refractivity contribution in [2.45, 2.75) is 6.54 Å². The van der Waals surface area contributed by atoms with Gasteiger partial charge in [-0.1, -0.05) is 48.5 Å². The van der Waals surface area contributed by atoms with E-state index in [4.69, 9.17) is 9.47 Å². The molecular formula is C30H31N3O4. The number of ether oxygens (including phenoxy) is 2. The Balaban J connectivity index is 1.39. The highest BCUT2D eigenvalue weighted by atomic mass is 16.5. The van der Waals surface area contributed by atoms with Crippen LogP contribution >= 0.6 is 0 Å². The molecule has 1 saturated heterocycles. The molecule has 4 aromatic carbocycles. The third-order valence-corrected chi connectivity index (χ3v) is 6.91. The molecule has 5 rings (SSSR count). The van der Waals surface area contributed by atoms with Gasteiger partial charge in [-0.25, -0.2) is 0 Å². The van der Waals surface area contributed by atoms with Crippen LogP contribution in [0, 0.1) is 0 Å². The third kappa shape index (κ3) is 5.04. The number of nitrogens with zero attached hydrogens (tertiary/aromatic N) is 2. The molecular weight excluding hydrogens is 466 g/mol. The van der Waals surface area contributed by atoms with Crippen LogP contribution in [0.15, 0.2) is 78.9 Å². The molecule has 7 nitrogen and oxygen atoms in total. The topological polar surface area (TPSA) is 74.3 Å². The van der Waals surface area contributed by atoms with Gasteiger partial charge in [-0.2, -0.15) is 0 Å². The number of carbonyl (C=O) groups is 1. The minimum Gasteiger partial charge on any atom is -0.507 e. The first-order chi connectivity index (χ1) is 18.1. The summed E-state index contributed by atoms with van der Waals surface area (Å²) in [6.45, 7) is 3.87. The maximum absolute atomic E-state index is 13.3. The number of anilines is 2. The summed E-state index contributed by atoms with van der Waals surface area (Å²) in [6.07, 6.45) is 0. The molecule has 0 aliphatic carbocycles. The second kappa shape index (κ2) is 10.8. The fraction of sp³-hybridized carbons (Fsp3) is 0.233. The number of carbonyl (C=O) groups excluding carboxylic acids is 1. The molecule has 1 amide bonds. The van der Waals surface area contributed by atoms with Crippen LogP contribution < -0.4 is 19.7 Å². The van der Waals surface area contributed by atoms with Gasteiger partial charge in [-0.15, -0.1) is 0 Å². The van der Waals surface area contributed by atoms with E-state index in [1.54, 1.807) is 32.4 Å². The minimum atomic E-state index is -0.380. The Hall–Kier alpha value is -4.23. The number of hydrogen-bond acceptors (Lipinski definition) is 6. The molecule has 0 saturated carbocycles. The van der Waals surface area contributed by atoms with Crippen molar-refractivity contribution < 1.29 is 19.4 Å². The lowest BCUT2D eigenvalue weighted by atomic mass is 9.98. The average Bonchev–Trinajstić information content (AvgIpc) is 2.95. The van der Waals surface area contributed by atoms with Crippen LogP contribution in [0.4, 0.5) is 11.4 Å². The van der Waals surface area contributed by atoms with E-state index in [1.165, 1.54) is 0 Å². The molecule has 1 fully saturated rings. The molecule has 0 spiro atoms. The first kappa shape index (κ1) is 24.5. The quantitative estimate of drug-likeness (QED) is 0.369. The molecule has 0 aromatic heterocycles. The van der Waals surface area contributed by atoms with Crippen molar-refractivity contribution >= 4 is 28.1 Å². The molecule has 0 radical (unpaired) electrons. The first-order valence-electron chi connectivity index (χ1n) is 12.4. The predicted molar refractivity (Wildman–Crippen MR) is 147 cm³/mol. The first-order valence-corrected chi connectivity index (χ1v) is 12.4. The Morgan fingerprint density at radius 1 is 0.865 bits per heavy atom. The summed E-state index contributed by atoms with van der Waals surface area (Å²) in [7, 11) is 3.25. The third-order valence-electron chi connectivity index (χ3n) is 6.91. The van der Waals surface area contributed by atoms with E-state index in [1.807, 2.05) is 54.6 Å². The van der Waals surface area contributed by atoms with Crippen molar-refractivity contribution in [1.29, 1.82) is 0 Å². The van der Waals surface area contributed by atoms with Crippen molar-refractivity contribution in [3.63, 3.8) is 0 Å². The standard InChI is InChI=1S/C30H31N3O4/c1-36-27-13-7-5-11-25(27)31-30(35)23-19-21-9-3-4-10-22(21)24(29(23)34)20-32-15-17-33(18-16-32)26-12-6-8-14-28(26)37-2/h3-14,19,34H,15-18,20H2,1-2H3,(H,31,35). The van der Waals surface area contributed by atoms with Gasteiger partial charge in [0.25, 0.3) is 5.91 Å². The van der Waals surface area contributed by atoms with Crippen LogP contribution in [0.3, 0.4) is 0 Å². The molecule has 1 aliphatic rings. The lowest BCUT2D eigenvalue weighted by Crippen LogP contribution is -2.46. The summed E-state index contributed by atoms with van der Waals surface area (Å²) in [5, 5.41) is 16.1. The van der Waals surface area contributed by atoms with E-state index < -0.39 is 0 Å². The summed E-state index contributed by atoms with van der Waals surface area (Å²) in [5.41, 5.74) is 2.64. The summed E-state index contributed by atoms with van der Waals surface area (Å²) >= 11 is 0. The Morgan fingerprint density at radius 2 is 1.51 bits per heavy atom. The van der Waals surface area contributed by atoms with Crippen LogP contribution in [0.5, 0.6) is 17.2 Å². The highest BCUT2D eigenvalue weighted by Crippen LogP contribution is 2.35. The van der Waals surface area contributed by atoms with Gasteiger partial charge in [-0.05, 0) is 41.1 Å². The molecule has 37 heavy (non-hydrogen) atoms. The number of nitrogens with one attached hydrogen (secondary N) is 1. The molecule has 0 atom stereocenters. The number of amides is 1. The number of methoxy groups -OCH3 is 2. The molecule has 0 unspecified atom stereocenters. The fourth-order valence-electron chi connectivity index (χ4n) is 4.94. The average molecular weight is 498 g/mol. The summed E-state index contributed by atoms with van der Waals surface area (Å²) < 4.78 is 10.9. The normalized spacial score (nSPS) is 13.9. The minimum absolute atomic E-state index is 0.0123. The van der Waals surface area contributed by atoms with Gasteiger partial charge in [0, 0.05) is 38.3 Å². The van der Waals surface area contributed by atoms with Crippen LogP contribution in [-0.4, -0.2) is 56.3 Å². The van der Waals surface area contributed by atoms with Crippen molar-refractivity contribution in [2.75, 3.05) is 50.6 Å². The van der Waals surface area contributed by atoms with E-state index in [-0.39, 0.29) is 17.2 Å². The molecule has 1 aliphatic heterocycles. The molecule has 0 bridgehead atoms. The van der Waals surface area contributed by atoms with Crippen molar-refractivity contribution in [3.05, 3.63) is 90.0 Å². The fourth-order valence-corrected chi connectivity index (χ4v) is 4.94. The van der Waals surface area contributed by atoms with Crippen LogP contribution in [0.1, 0.15) is 15.9 Å².